The Kier molecular flexibility index (Phi) is 7.19. The predicted molar refractivity (Wildman–Crippen MR) is 101 cm³/mol. The van der Waals surface area contributed by atoms with Gasteiger partial charge in [-0.3, -0.25) is 14.5 Å². The van der Waals surface area contributed by atoms with E-state index in [9.17, 15) is 9.59 Å². The van der Waals surface area contributed by atoms with Gasteiger partial charge in [-0.05, 0) is 32.4 Å². The fourth-order valence-electron chi connectivity index (χ4n) is 3.04. The molecule has 1 aliphatic heterocycles. The number of hydrogen-bond donors (Lipinski definition) is 0. The zero-order valence-electron chi connectivity index (χ0n) is 15.6. The van der Waals surface area contributed by atoms with Gasteiger partial charge < -0.3 is 9.80 Å². The highest BCUT2D eigenvalue weighted by atomic mass is 16.2. The van der Waals surface area contributed by atoms with E-state index in [2.05, 4.69) is 11.0 Å². The topological polar surface area (TPSA) is 43.9 Å². The molecule has 0 spiro atoms. The molecule has 5 nitrogen and oxygen atoms in total. The van der Waals surface area contributed by atoms with Crippen molar-refractivity contribution < 1.29 is 9.59 Å². The monoisotopic (exact) mass is 343 g/mol. The average molecular weight is 343 g/mol. The van der Waals surface area contributed by atoms with Crippen molar-refractivity contribution in [2.75, 3.05) is 45.8 Å². The van der Waals surface area contributed by atoms with E-state index in [1.807, 2.05) is 54.8 Å². The van der Waals surface area contributed by atoms with Gasteiger partial charge in [-0.1, -0.05) is 29.8 Å². The molecule has 5 heteroatoms. The minimum Gasteiger partial charge on any atom is -0.342 e. The fraction of sp³-hybridized carbons (Fsp3) is 0.500. The van der Waals surface area contributed by atoms with Crippen molar-refractivity contribution in [3.8, 4) is 0 Å². The molecular weight excluding hydrogens is 314 g/mol. The Bertz CT molecular complexity index is 615. The first-order chi connectivity index (χ1) is 12.0. The van der Waals surface area contributed by atoms with Crippen LogP contribution in [0.15, 0.2) is 30.3 Å². The maximum Gasteiger partial charge on any atom is 0.246 e. The summed E-state index contributed by atoms with van der Waals surface area (Å²) in [4.78, 5) is 30.3. The van der Waals surface area contributed by atoms with Gasteiger partial charge in [0.15, 0.2) is 0 Å². The number of piperazine rings is 1. The van der Waals surface area contributed by atoms with Crippen LogP contribution in [0.25, 0.3) is 6.08 Å². The van der Waals surface area contributed by atoms with Crippen molar-refractivity contribution in [3.05, 3.63) is 41.5 Å². The van der Waals surface area contributed by atoms with E-state index in [1.54, 1.807) is 6.08 Å². The number of carbonyl (C=O) groups is 2. The van der Waals surface area contributed by atoms with Crippen LogP contribution in [-0.4, -0.2) is 72.3 Å². The second-order valence-corrected chi connectivity index (χ2v) is 6.41. The summed E-state index contributed by atoms with van der Waals surface area (Å²) >= 11 is 0. The second-order valence-electron chi connectivity index (χ2n) is 6.41. The molecule has 0 saturated carbocycles. The van der Waals surface area contributed by atoms with E-state index in [1.165, 1.54) is 5.56 Å². The van der Waals surface area contributed by atoms with Crippen molar-refractivity contribution in [3.63, 3.8) is 0 Å². The molecule has 0 unspecified atom stereocenters. The third-order valence-corrected chi connectivity index (χ3v) is 4.62. The van der Waals surface area contributed by atoms with Gasteiger partial charge in [-0.15, -0.1) is 0 Å². The largest absolute Gasteiger partial charge is 0.342 e. The molecule has 0 bridgehead atoms. The van der Waals surface area contributed by atoms with Crippen LogP contribution in [-0.2, 0) is 9.59 Å². The summed E-state index contributed by atoms with van der Waals surface area (Å²) in [6, 6.07) is 8.08. The number of likely N-dealkylation sites (N-methyl/N-ethyl adjacent to an activating group) is 1. The van der Waals surface area contributed by atoms with Gasteiger partial charge in [0.1, 0.15) is 0 Å². The van der Waals surface area contributed by atoms with Crippen LogP contribution in [0.5, 0.6) is 0 Å². The van der Waals surface area contributed by atoms with Crippen molar-refractivity contribution in [2.24, 2.45) is 0 Å². The molecule has 1 aromatic rings. The fourth-order valence-corrected chi connectivity index (χ4v) is 3.04. The van der Waals surface area contributed by atoms with E-state index in [0.29, 0.717) is 19.6 Å². The Balaban J connectivity index is 1.81. The molecule has 0 radical (unpaired) electrons. The highest BCUT2D eigenvalue weighted by Gasteiger charge is 2.22. The summed E-state index contributed by atoms with van der Waals surface area (Å²) in [6.07, 6.45) is 3.51. The van der Waals surface area contributed by atoms with Gasteiger partial charge in [0.25, 0.3) is 0 Å². The smallest absolute Gasteiger partial charge is 0.246 e. The lowest BCUT2D eigenvalue weighted by Crippen LogP contribution is -2.51. The van der Waals surface area contributed by atoms with Gasteiger partial charge >= 0.3 is 0 Å². The number of nitrogens with zero attached hydrogens (tertiary/aromatic N) is 3. The SMILES string of the molecule is CCN(CC)C(=O)CN1CCN(C(=O)/C=C/c2cccc(C)c2)CC1. The maximum atomic E-state index is 12.3. The van der Waals surface area contributed by atoms with Crippen LogP contribution in [0.3, 0.4) is 0 Å². The molecule has 0 atom stereocenters. The van der Waals surface area contributed by atoms with Crippen LogP contribution in [0.4, 0.5) is 0 Å². The van der Waals surface area contributed by atoms with Gasteiger partial charge in [0, 0.05) is 45.3 Å². The van der Waals surface area contributed by atoms with E-state index < -0.39 is 0 Å². The maximum absolute atomic E-state index is 12.3. The molecule has 0 aromatic heterocycles. The third kappa shape index (κ3) is 5.71. The number of benzene rings is 1. The molecular formula is C20H29N3O2. The van der Waals surface area contributed by atoms with Crippen LogP contribution in [0, 0.1) is 6.92 Å². The zero-order chi connectivity index (χ0) is 18.2. The average Bonchev–Trinajstić information content (AvgIpc) is 2.61. The normalized spacial score (nSPS) is 15.6. The van der Waals surface area contributed by atoms with Gasteiger partial charge in [0.05, 0.1) is 6.54 Å². The van der Waals surface area contributed by atoms with E-state index in [0.717, 1.165) is 31.7 Å². The van der Waals surface area contributed by atoms with Crippen molar-refractivity contribution in [1.29, 1.82) is 0 Å². The summed E-state index contributed by atoms with van der Waals surface area (Å²) in [5, 5.41) is 0. The van der Waals surface area contributed by atoms with Crippen molar-refractivity contribution in [1.82, 2.24) is 14.7 Å². The molecule has 136 valence electrons. The van der Waals surface area contributed by atoms with Crippen molar-refractivity contribution in [2.45, 2.75) is 20.8 Å². The Morgan fingerprint density at radius 2 is 1.80 bits per heavy atom. The van der Waals surface area contributed by atoms with Crippen LogP contribution >= 0.6 is 0 Å². The first kappa shape index (κ1) is 19.2. The summed E-state index contributed by atoms with van der Waals surface area (Å²) in [6.45, 7) is 10.8. The summed E-state index contributed by atoms with van der Waals surface area (Å²) in [5.41, 5.74) is 2.22. The minimum absolute atomic E-state index is 0.0382. The van der Waals surface area contributed by atoms with Gasteiger partial charge in [-0.25, -0.2) is 0 Å². The van der Waals surface area contributed by atoms with Gasteiger partial charge in [0.2, 0.25) is 11.8 Å². The minimum atomic E-state index is 0.0382. The lowest BCUT2D eigenvalue weighted by Gasteiger charge is -2.34. The Morgan fingerprint density at radius 1 is 1.12 bits per heavy atom. The number of rotatable bonds is 6. The third-order valence-electron chi connectivity index (χ3n) is 4.62. The second kappa shape index (κ2) is 9.37. The lowest BCUT2D eigenvalue weighted by molar-refractivity contribution is -0.133. The summed E-state index contributed by atoms with van der Waals surface area (Å²) in [7, 11) is 0. The molecule has 2 amide bonds. The Labute approximate surface area is 150 Å². The molecule has 1 fully saturated rings. The number of carbonyl (C=O) groups excluding carboxylic acids is 2. The lowest BCUT2D eigenvalue weighted by atomic mass is 10.1. The Hall–Kier alpha value is -2.14. The zero-order valence-corrected chi connectivity index (χ0v) is 15.6. The molecule has 1 heterocycles. The highest BCUT2D eigenvalue weighted by molar-refractivity contribution is 5.91. The first-order valence-electron chi connectivity index (χ1n) is 9.07. The summed E-state index contributed by atoms with van der Waals surface area (Å²) < 4.78 is 0. The molecule has 1 aromatic carbocycles. The molecule has 2 rings (SSSR count). The van der Waals surface area contributed by atoms with Crippen LogP contribution < -0.4 is 0 Å². The van der Waals surface area contributed by atoms with Crippen LogP contribution in [0.2, 0.25) is 0 Å². The number of aryl methyl sites for hydroxylation is 1. The predicted octanol–water partition coefficient (Wildman–Crippen LogP) is 2.02. The molecule has 1 aliphatic rings. The highest BCUT2D eigenvalue weighted by Crippen LogP contribution is 2.08. The van der Waals surface area contributed by atoms with E-state index >= 15 is 0 Å². The standard InChI is InChI=1S/C20H29N3O2/c1-4-22(5-2)20(25)16-21-11-13-23(14-12-21)19(24)10-9-18-8-6-7-17(3)15-18/h6-10,15H,4-5,11-14,16H2,1-3H3/b10-9+. The molecule has 0 N–H and O–H groups in total. The van der Waals surface area contributed by atoms with E-state index in [-0.39, 0.29) is 11.8 Å². The molecule has 25 heavy (non-hydrogen) atoms. The summed E-state index contributed by atoms with van der Waals surface area (Å²) in [5.74, 6) is 0.209. The Morgan fingerprint density at radius 3 is 2.40 bits per heavy atom. The van der Waals surface area contributed by atoms with Gasteiger partial charge in [-0.2, -0.15) is 0 Å². The number of amides is 2. The number of hydrogen-bond acceptors (Lipinski definition) is 3. The molecule has 0 aliphatic carbocycles. The van der Waals surface area contributed by atoms with Crippen molar-refractivity contribution >= 4 is 17.9 Å². The quantitative estimate of drug-likeness (QED) is 0.742. The first-order valence-corrected chi connectivity index (χ1v) is 9.07. The molecule has 1 saturated heterocycles. The van der Waals surface area contributed by atoms with Crippen LogP contribution in [0.1, 0.15) is 25.0 Å². The van der Waals surface area contributed by atoms with E-state index in [4.69, 9.17) is 0 Å².